The van der Waals surface area contributed by atoms with E-state index in [0.29, 0.717) is 6.42 Å². The van der Waals surface area contributed by atoms with Crippen molar-refractivity contribution in [1.29, 1.82) is 0 Å². The van der Waals surface area contributed by atoms with Crippen LogP contribution in [0.4, 0.5) is 5.69 Å². The van der Waals surface area contributed by atoms with Crippen molar-refractivity contribution in [3.05, 3.63) is 58.7 Å². The number of amides is 1. The van der Waals surface area contributed by atoms with Crippen LogP contribution in [-0.2, 0) is 4.79 Å². The van der Waals surface area contributed by atoms with E-state index >= 15 is 0 Å². The monoisotopic (exact) mass is 311 g/mol. The van der Waals surface area contributed by atoms with Crippen molar-refractivity contribution in [1.82, 2.24) is 0 Å². The number of nitrogens with one attached hydrogen (secondary N) is 1. The predicted molar refractivity (Wildman–Crippen MR) is 95.2 cm³/mol. The Kier molecular flexibility index (Phi) is 5.43. The fraction of sp³-hybridized carbons (Fsp3) is 0.350. The Balaban J connectivity index is 2.12. The Bertz CT molecular complexity index is 687. The van der Waals surface area contributed by atoms with Gasteiger partial charge in [0, 0.05) is 5.69 Å². The number of carbonyl (C=O) groups excluding carboxylic acids is 1. The molecule has 1 atom stereocenters. The fourth-order valence-electron chi connectivity index (χ4n) is 2.68. The molecule has 0 fully saturated rings. The Hall–Kier alpha value is -2.29. The van der Waals surface area contributed by atoms with Crippen LogP contribution in [0.1, 0.15) is 35.6 Å². The number of carbonyl (C=O) groups is 1. The molecule has 1 N–H and O–H groups in total. The van der Waals surface area contributed by atoms with Gasteiger partial charge in [0.1, 0.15) is 5.75 Å². The Morgan fingerprint density at radius 3 is 2.22 bits per heavy atom. The molecule has 23 heavy (non-hydrogen) atoms. The van der Waals surface area contributed by atoms with E-state index in [4.69, 9.17) is 4.74 Å². The first-order valence-electron chi connectivity index (χ1n) is 8.02. The van der Waals surface area contributed by atoms with E-state index in [2.05, 4.69) is 17.4 Å². The molecule has 0 aromatic heterocycles. The highest BCUT2D eigenvalue weighted by atomic mass is 16.5. The molecule has 0 aliphatic carbocycles. The molecule has 0 radical (unpaired) electrons. The molecule has 1 amide bonds. The molecule has 0 saturated carbocycles. The molecule has 1 unspecified atom stereocenters. The van der Waals surface area contributed by atoms with Crippen molar-refractivity contribution in [2.45, 2.75) is 47.1 Å². The van der Waals surface area contributed by atoms with Crippen LogP contribution in [-0.4, -0.2) is 12.0 Å². The van der Waals surface area contributed by atoms with Gasteiger partial charge in [0.05, 0.1) is 0 Å². The molecule has 2 aromatic rings. The summed E-state index contributed by atoms with van der Waals surface area (Å²) in [7, 11) is 0. The summed E-state index contributed by atoms with van der Waals surface area (Å²) in [5.74, 6) is 0.649. The molecule has 2 aromatic carbocycles. The van der Waals surface area contributed by atoms with Crippen molar-refractivity contribution in [3.63, 3.8) is 0 Å². The quantitative estimate of drug-likeness (QED) is 0.868. The van der Waals surface area contributed by atoms with E-state index < -0.39 is 6.10 Å². The maximum atomic E-state index is 12.5. The van der Waals surface area contributed by atoms with E-state index in [1.807, 2.05) is 58.9 Å². The summed E-state index contributed by atoms with van der Waals surface area (Å²) in [6.45, 7) is 10.0. The third kappa shape index (κ3) is 4.59. The standard InChI is InChI=1S/C20H25NO2/c1-6-18(23-19-8-7-13(2)10-16(19)5)20(22)21-17-11-14(3)9-15(4)12-17/h7-12,18H,6H2,1-5H3,(H,21,22). The molecule has 0 heterocycles. The van der Waals surface area contributed by atoms with Gasteiger partial charge >= 0.3 is 0 Å². The minimum atomic E-state index is -0.503. The van der Waals surface area contributed by atoms with Crippen molar-refractivity contribution in [3.8, 4) is 5.75 Å². The lowest BCUT2D eigenvalue weighted by Crippen LogP contribution is -2.32. The first kappa shape index (κ1) is 17.1. The first-order valence-corrected chi connectivity index (χ1v) is 8.02. The summed E-state index contributed by atoms with van der Waals surface area (Å²) in [4.78, 5) is 12.5. The van der Waals surface area contributed by atoms with Crippen LogP contribution in [0.15, 0.2) is 36.4 Å². The maximum Gasteiger partial charge on any atom is 0.265 e. The van der Waals surface area contributed by atoms with Crippen LogP contribution in [0.25, 0.3) is 0 Å². The third-order valence-electron chi connectivity index (χ3n) is 3.75. The van der Waals surface area contributed by atoms with Crippen molar-refractivity contribution in [2.24, 2.45) is 0 Å². The number of anilines is 1. The number of benzene rings is 2. The highest BCUT2D eigenvalue weighted by molar-refractivity contribution is 5.94. The second kappa shape index (κ2) is 7.32. The van der Waals surface area contributed by atoms with Gasteiger partial charge in [-0.3, -0.25) is 4.79 Å². The van der Waals surface area contributed by atoms with Crippen molar-refractivity contribution >= 4 is 11.6 Å². The van der Waals surface area contributed by atoms with Crippen molar-refractivity contribution < 1.29 is 9.53 Å². The van der Waals surface area contributed by atoms with Gasteiger partial charge < -0.3 is 10.1 Å². The van der Waals surface area contributed by atoms with Gasteiger partial charge in [0.2, 0.25) is 0 Å². The van der Waals surface area contributed by atoms with Gasteiger partial charge in [0.25, 0.3) is 5.91 Å². The van der Waals surface area contributed by atoms with Crippen LogP contribution in [0, 0.1) is 27.7 Å². The third-order valence-corrected chi connectivity index (χ3v) is 3.75. The Morgan fingerprint density at radius 1 is 1.00 bits per heavy atom. The minimum Gasteiger partial charge on any atom is -0.480 e. The molecule has 0 aliphatic heterocycles. The second-order valence-electron chi connectivity index (χ2n) is 6.15. The lowest BCUT2D eigenvalue weighted by atomic mass is 10.1. The Labute approximate surface area is 138 Å². The second-order valence-corrected chi connectivity index (χ2v) is 6.15. The van der Waals surface area contributed by atoms with Crippen LogP contribution in [0.5, 0.6) is 5.75 Å². The maximum absolute atomic E-state index is 12.5. The van der Waals surface area contributed by atoms with E-state index in [1.165, 1.54) is 5.56 Å². The van der Waals surface area contributed by atoms with Gasteiger partial charge in [-0.15, -0.1) is 0 Å². The van der Waals surface area contributed by atoms with E-state index in [9.17, 15) is 4.79 Å². The average molecular weight is 311 g/mol. The van der Waals surface area contributed by atoms with Crippen LogP contribution >= 0.6 is 0 Å². The van der Waals surface area contributed by atoms with Crippen LogP contribution in [0.2, 0.25) is 0 Å². The molecule has 2 rings (SSSR count). The molecule has 0 saturated heterocycles. The Morgan fingerprint density at radius 2 is 1.65 bits per heavy atom. The van der Waals surface area contributed by atoms with Crippen LogP contribution in [0.3, 0.4) is 0 Å². The number of aryl methyl sites for hydroxylation is 4. The summed E-state index contributed by atoms with van der Waals surface area (Å²) in [6.07, 6.45) is 0.112. The number of hydrogen-bond donors (Lipinski definition) is 1. The van der Waals surface area contributed by atoms with E-state index in [1.54, 1.807) is 0 Å². The molecule has 0 aliphatic rings. The summed E-state index contributed by atoms with van der Waals surface area (Å²) in [5.41, 5.74) is 5.30. The minimum absolute atomic E-state index is 0.113. The highest BCUT2D eigenvalue weighted by Crippen LogP contribution is 2.22. The molecule has 3 nitrogen and oxygen atoms in total. The largest absolute Gasteiger partial charge is 0.480 e. The van der Waals surface area contributed by atoms with Gasteiger partial charge in [-0.1, -0.05) is 30.7 Å². The van der Waals surface area contributed by atoms with Gasteiger partial charge in [-0.05, 0) is 69.0 Å². The van der Waals surface area contributed by atoms with E-state index in [-0.39, 0.29) is 5.91 Å². The lowest BCUT2D eigenvalue weighted by Gasteiger charge is -2.19. The normalized spacial score (nSPS) is 11.9. The summed E-state index contributed by atoms with van der Waals surface area (Å²) in [5, 5.41) is 2.96. The summed E-state index contributed by atoms with van der Waals surface area (Å²) >= 11 is 0. The SMILES string of the molecule is CCC(Oc1ccc(C)cc1C)C(=O)Nc1cc(C)cc(C)c1. The van der Waals surface area contributed by atoms with Crippen LogP contribution < -0.4 is 10.1 Å². The number of hydrogen-bond acceptors (Lipinski definition) is 2. The zero-order chi connectivity index (χ0) is 17.0. The van der Waals surface area contributed by atoms with Gasteiger partial charge in [0.15, 0.2) is 6.10 Å². The topological polar surface area (TPSA) is 38.3 Å². The van der Waals surface area contributed by atoms with E-state index in [0.717, 1.165) is 28.1 Å². The molecule has 122 valence electrons. The first-order chi connectivity index (χ1) is 10.9. The number of rotatable bonds is 5. The zero-order valence-corrected chi connectivity index (χ0v) is 14.6. The number of ether oxygens (including phenoxy) is 1. The average Bonchev–Trinajstić information content (AvgIpc) is 2.45. The van der Waals surface area contributed by atoms with Gasteiger partial charge in [-0.25, -0.2) is 0 Å². The zero-order valence-electron chi connectivity index (χ0n) is 14.6. The lowest BCUT2D eigenvalue weighted by molar-refractivity contribution is -0.122. The summed E-state index contributed by atoms with van der Waals surface area (Å²) in [6, 6.07) is 12.0. The molecular weight excluding hydrogens is 286 g/mol. The van der Waals surface area contributed by atoms with Crippen molar-refractivity contribution in [2.75, 3.05) is 5.32 Å². The molecule has 0 bridgehead atoms. The smallest absolute Gasteiger partial charge is 0.265 e. The molecule has 0 spiro atoms. The van der Waals surface area contributed by atoms with Gasteiger partial charge in [-0.2, -0.15) is 0 Å². The summed E-state index contributed by atoms with van der Waals surface area (Å²) < 4.78 is 5.93. The predicted octanol–water partition coefficient (Wildman–Crippen LogP) is 4.72. The highest BCUT2D eigenvalue weighted by Gasteiger charge is 2.19. The molecular formula is C20H25NO2. The molecule has 3 heteroatoms. The fourth-order valence-corrected chi connectivity index (χ4v) is 2.68.